The number of ether oxygens (including phenoxy) is 3. The van der Waals surface area contributed by atoms with Crippen LogP contribution < -0.4 is 14.8 Å². The van der Waals surface area contributed by atoms with Crippen LogP contribution in [0.3, 0.4) is 0 Å². The summed E-state index contributed by atoms with van der Waals surface area (Å²) in [6.07, 6.45) is 0.689. The third-order valence-electron chi connectivity index (χ3n) is 5.18. The Kier molecular flexibility index (Phi) is 9.62. The van der Waals surface area contributed by atoms with E-state index >= 15 is 0 Å². The second-order valence-electron chi connectivity index (χ2n) is 8.02. The number of rotatable bonds is 10. The number of hydrogen-bond acceptors (Lipinski definition) is 8. The first-order valence-electron chi connectivity index (χ1n) is 11.4. The van der Waals surface area contributed by atoms with Gasteiger partial charge < -0.3 is 19.5 Å². The molecule has 0 aliphatic heterocycles. The minimum atomic E-state index is -1.05. The number of carbonyl (C=O) groups is 3. The van der Waals surface area contributed by atoms with Crippen LogP contribution in [-0.2, 0) is 14.3 Å². The Hall–Kier alpha value is -3.92. The molecule has 0 aliphatic carbocycles. The van der Waals surface area contributed by atoms with Gasteiger partial charge in [0.2, 0.25) is 5.75 Å². The van der Waals surface area contributed by atoms with Crippen LogP contribution in [0, 0.1) is 5.82 Å². The summed E-state index contributed by atoms with van der Waals surface area (Å²) >= 11 is 1.47. The molecule has 3 aromatic rings. The van der Waals surface area contributed by atoms with Gasteiger partial charge in [0.15, 0.2) is 11.4 Å². The molecule has 0 bridgehead atoms. The third-order valence-corrected chi connectivity index (χ3v) is 6.64. The highest BCUT2D eigenvalue weighted by Gasteiger charge is 2.29. The van der Waals surface area contributed by atoms with E-state index in [0.717, 1.165) is 10.5 Å². The van der Waals surface area contributed by atoms with Gasteiger partial charge in [0.05, 0.1) is 12.4 Å². The molecule has 0 radical (unpaired) electrons. The van der Waals surface area contributed by atoms with Crippen LogP contribution in [0.15, 0.2) is 71.8 Å². The van der Waals surface area contributed by atoms with E-state index in [2.05, 4.69) is 10.3 Å². The van der Waals surface area contributed by atoms with E-state index in [9.17, 15) is 18.8 Å². The predicted octanol–water partition coefficient (Wildman–Crippen LogP) is 4.74. The number of methoxy groups -OCH3 is 1. The summed E-state index contributed by atoms with van der Waals surface area (Å²) in [5.41, 5.74) is 0.560. The lowest BCUT2D eigenvalue weighted by atomic mass is 10.1. The van der Waals surface area contributed by atoms with Crippen molar-refractivity contribution in [2.75, 3.05) is 7.11 Å². The molecule has 1 N–H and O–H groups in total. The molecule has 8 nitrogen and oxygen atoms in total. The lowest BCUT2D eigenvalue weighted by molar-refractivity contribution is -0.150. The normalized spacial score (nSPS) is 13.1. The first-order valence-corrected chi connectivity index (χ1v) is 12.3. The van der Waals surface area contributed by atoms with Gasteiger partial charge in [-0.25, -0.2) is 14.2 Å². The Labute approximate surface area is 218 Å². The van der Waals surface area contributed by atoms with Crippen LogP contribution in [0.4, 0.5) is 4.39 Å². The topological polar surface area (TPSA) is 104 Å². The van der Waals surface area contributed by atoms with Gasteiger partial charge in [-0.05, 0) is 43.7 Å². The summed E-state index contributed by atoms with van der Waals surface area (Å²) in [6, 6.07) is 15.9. The fraction of sp³-hybridized carbons (Fsp3) is 0.259. The van der Waals surface area contributed by atoms with Crippen LogP contribution in [0.5, 0.6) is 11.5 Å². The van der Waals surface area contributed by atoms with E-state index in [1.165, 1.54) is 57.1 Å². The zero-order chi connectivity index (χ0) is 26.9. The molecule has 0 aliphatic rings. The van der Waals surface area contributed by atoms with Crippen LogP contribution in [0.1, 0.15) is 42.1 Å². The van der Waals surface area contributed by atoms with Crippen molar-refractivity contribution in [3.63, 3.8) is 0 Å². The molecule has 3 atom stereocenters. The Morgan fingerprint density at radius 3 is 2.30 bits per heavy atom. The van der Waals surface area contributed by atoms with Crippen molar-refractivity contribution in [2.45, 2.75) is 43.1 Å². The number of hydrogen-bond donors (Lipinski definition) is 1. The summed E-state index contributed by atoms with van der Waals surface area (Å²) in [4.78, 5) is 42.2. The maximum atomic E-state index is 13.5. The van der Waals surface area contributed by atoms with E-state index in [1.807, 2.05) is 30.3 Å². The second-order valence-corrected chi connectivity index (χ2v) is 9.24. The molecular formula is C27H27FN2O6S. The van der Waals surface area contributed by atoms with Gasteiger partial charge in [-0.3, -0.25) is 9.59 Å². The quantitative estimate of drug-likeness (QED) is 0.299. The predicted molar refractivity (Wildman–Crippen MR) is 136 cm³/mol. The highest BCUT2D eigenvalue weighted by Crippen LogP contribution is 2.39. The fourth-order valence-corrected chi connectivity index (χ4v) is 4.55. The number of aromatic nitrogens is 1. The zero-order valence-electron chi connectivity index (χ0n) is 20.8. The molecule has 0 saturated heterocycles. The molecular weight excluding hydrogens is 499 g/mol. The van der Waals surface area contributed by atoms with E-state index in [-0.39, 0.29) is 28.3 Å². The van der Waals surface area contributed by atoms with Gasteiger partial charge in [0, 0.05) is 24.1 Å². The van der Waals surface area contributed by atoms with Crippen molar-refractivity contribution in [1.82, 2.24) is 10.3 Å². The maximum Gasteiger partial charge on any atom is 0.328 e. The molecule has 37 heavy (non-hydrogen) atoms. The molecule has 1 aromatic heterocycles. The van der Waals surface area contributed by atoms with Gasteiger partial charge in [-0.1, -0.05) is 30.3 Å². The first-order chi connectivity index (χ1) is 17.7. The number of pyridine rings is 1. The van der Waals surface area contributed by atoms with Crippen molar-refractivity contribution in [3.8, 4) is 11.5 Å². The van der Waals surface area contributed by atoms with Crippen molar-refractivity contribution >= 4 is 29.6 Å². The number of nitrogens with one attached hydrogen (secondary N) is 1. The van der Waals surface area contributed by atoms with Gasteiger partial charge >= 0.3 is 11.9 Å². The molecule has 1 amide bonds. The number of nitrogens with zero attached hydrogens (tertiary/aromatic N) is 1. The molecule has 0 spiro atoms. The minimum absolute atomic E-state index is 0.138. The number of amides is 1. The van der Waals surface area contributed by atoms with E-state index in [0.29, 0.717) is 0 Å². The van der Waals surface area contributed by atoms with Crippen molar-refractivity contribution < 1.29 is 33.0 Å². The number of halogens is 1. The highest BCUT2D eigenvalue weighted by molar-refractivity contribution is 7.99. The number of esters is 2. The Morgan fingerprint density at radius 1 is 1.00 bits per heavy atom. The van der Waals surface area contributed by atoms with Gasteiger partial charge in [-0.2, -0.15) is 0 Å². The zero-order valence-corrected chi connectivity index (χ0v) is 21.6. The molecule has 194 valence electrons. The van der Waals surface area contributed by atoms with E-state index in [1.54, 1.807) is 19.1 Å². The summed E-state index contributed by atoms with van der Waals surface area (Å²) < 4.78 is 29.5. The molecule has 1 heterocycles. The molecule has 0 unspecified atom stereocenters. The standard InChI is InChI=1S/C27H27FN2O6S/c1-16(30-26(32)23-24(36-18(3)31)22(34-4)14-15-29-23)27(33)35-17(2)25(19-10-12-20(28)13-11-19)37-21-8-6-5-7-9-21/h5-17,25H,1-4H3,(H,30,32)/t16-,17-,25-/m0/s1. The van der Waals surface area contributed by atoms with Gasteiger partial charge in [0.1, 0.15) is 18.0 Å². The van der Waals surface area contributed by atoms with E-state index < -0.39 is 30.0 Å². The average Bonchev–Trinajstić information content (AvgIpc) is 2.88. The lowest BCUT2D eigenvalue weighted by Crippen LogP contribution is -2.41. The number of benzene rings is 2. The SMILES string of the molecule is COc1ccnc(C(=O)N[C@@H](C)C(=O)O[C@@H](C)[C@H](Sc2ccccc2)c2ccc(F)cc2)c1OC(C)=O. The summed E-state index contributed by atoms with van der Waals surface area (Å²) in [5.74, 6) is -2.48. The first kappa shape index (κ1) is 27.7. The number of thioether (sulfide) groups is 1. The highest BCUT2D eigenvalue weighted by atomic mass is 32.2. The second kappa shape index (κ2) is 12.9. The van der Waals surface area contributed by atoms with Crippen LogP contribution in [-0.4, -0.2) is 42.1 Å². The molecule has 0 fully saturated rings. The smallest absolute Gasteiger partial charge is 0.328 e. The van der Waals surface area contributed by atoms with Crippen LogP contribution in [0.25, 0.3) is 0 Å². The van der Waals surface area contributed by atoms with Crippen LogP contribution in [0.2, 0.25) is 0 Å². The van der Waals surface area contributed by atoms with Crippen molar-refractivity contribution in [3.05, 3.63) is 83.9 Å². The van der Waals surface area contributed by atoms with Gasteiger partial charge in [-0.15, -0.1) is 11.8 Å². The summed E-state index contributed by atoms with van der Waals surface area (Å²) in [6.45, 7) is 4.38. The van der Waals surface area contributed by atoms with Crippen molar-refractivity contribution in [1.29, 1.82) is 0 Å². The molecule has 10 heteroatoms. The maximum absolute atomic E-state index is 13.5. The van der Waals surface area contributed by atoms with Gasteiger partial charge in [0.25, 0.3) is 5.91 Å². The third kappa shape index (κ3) is 7.53. The Balaban J connectivity index is 1.74. The summed E-state index contributed by atoms with van der Waals surface area (Å²) in [5, 5.41) is 2.18. The molecule has 2 aromatic carbocycles. The Bertz CT molecular complexity index is 1240. The largest absolute Gasteiger partial charge is 0.493 e. The van der Waals surface area contributed by atoms with Crippen LogP contribution >= 0.6 is 11.8 Å². The molecule has 0 saturated carbocycles. The average molecular weight is 527 g/mol. The summed E-state index contributed by atoms with van der Waals surface area (Å²) in [7, 11) is 1.36. The monoisotopic (exact) mass is 526 g/mol. The molecule has 3 rings (SSSR count). The number of carbonyl (C=O) groups excluding carboxylic acids is 3. The fourth-order valence-electron chi connectivity index (χ4n) is 3.40. The van der Waals surface area contributed by atoms with Crippen molar-refractivity contribution in [2.24, 2.45) is 0 Å². The Morgan fingerprint density at radius 2 is 1.68 bits per heavy atom. The minimum Gasteiger partial charge on any atom is -0.493 e. The van der Waals surface area contributed by atoms with E-state index in [4.69, 9.17) is 14.2 Å². The lowest BCUT2D eigenvalue weighted by Gasteiger charge is -2.26.